The number of imide groups is 1. The number of benzene rings is 2. The van der Waals surface area contributed by atoms with Crippen LogP contribution in [0.1, 0.15) is 67.3 Å². The smallest absolute Gasteiger partial charge is 0.317 e. The number of nitrogens with zero attached hydrogens (tertiary/aromatic N) is 3. The van der Waals surface area contributed by atoms with Gasteiger partial charge in [0.05, 0.1) is 13.0 Å². The van der Waals surface area contributed by atoms with Crippen molar-refractivity contribution in [2.75, 3.05) is 68.4 Å². The summed E-state index contributed by atoms with van der Waals surface area (Å²) >= 11 is 0. The first kappa shape index (κ1) is 36.1. The van der Waals surface area contributed by atoms with E-state index in [0.717, 1.165) is 69.7 Å². The molecule has 0 aromatic heterocycles. The number of piperidine rings is 1. The maximum Gasteiger partial charge on any atom is 0.317 e. The van der Waals surface area contributed by atoms with Crippen LogP contribution < -0.4 is 31.9 Å². The van der Waals surface area contributed by atoms with E-state index in [9.17, 15) is 24.0 Å². The Morgan fingerprint density at radius 3 is 2.43 bits per heavy atom. The van der Waals surface area contributed by atoms with E-state index < -0.39 is 11.9 Å². The van der Waals surface area contributed by atoms with Crippen molar-refractivity contribution in [2.45, 2.75) is 70.0 Å². The quantitative estimate of drug-likeness (QED) is 0.119. The maximum atomic E-state index is 13.0. The van der Waals surface area contributed by atoms with Crippen LogP contribution in [0.15, 0.2) is 42.5 Å². The Balaban J connectivity index is 0.797. The maximum absolute atomic E-state index is 13.0. The molecule has 6 amide bonds. The van der Waals surface area contributed by atoms with Gasteiger partial charge in [-0.2, -0.15) is 0 Å². The number of hydrogen-bond acceptors (Lipinski definition) is 9. The summed E-state index contributed by atoms with van der Waals surface area (Å²) in [5.74, 6) is -0.784. The molecule has 14 nitrogen and oxygen atoms in total. The van der Waals surface area contributed by atoms with E-state index in [1.165, 1.54) is 4.90 Å². The molecule has 51 heavy (non-hydrogen) atoms. The molecule has 2 saturated heterocycles. The van der Waals surface area contributed by atoms with Crippen LogP contribution in [0.5, 0.6) is 0 Å². The highest BCUT2D eigenvalue weighted by atomic mass is 16.5. The molecule has 14 heteroatoms. The molecular weight excluding hydrogens is 652 g/mol. The molecule has 3 aliphatic heterocycles. The molecule has 2 aromatic carbocycles. The Hall–Kier alpha value is -4.69. The molecule has 4 aliphatic rings. The van der Waals surface area contributed by atoms with Crippen LogP contribution in [0.3, 0.4) is 0 Å². The lowest BCUT2D eigenvalue weighted by Crippen LogP contribution is -2.52. The van der Waals surface area contributed by atoms with Gasteiger partial charge in [0.1, 0.15) is 6.04 Å². The first-order chi connectivity index (χ1) is 24.7. The van der Waals surface area contributed by atoms with E-state index >= 15 is 0 Å². The predicted octanol–water partition coefficient (Wildman–Crippen LogP) is 2.45. The topological polar surface area (TPSA) is 178 Å². The van der Waals surface area contributed by atoms with Gasteiger partial charge in [-0.15, -0.1) is 0 Å². The lowest BCUT2D eigenvalue weighted by Gasteiger charge is -2.36. The summed E-state index contributed by atoms with van der Waals surface area (Å²) in [7, 11) is 0. The second-order valence-electron chi connectivity index (χ2n) is 13.9. The van der Waals surface area contributed by atoms with Gasteiger partial charge in [-0.25, -0.2) is 4.79 Å². The first-order valence-electron chi connectivity index (χ1n) is 18.3. The van der Waals surface area contributed by atoms with Crippen LogP contribution >= 0.6 is 0 Å². The van der Waals surface area contributed by atoms with E-state index in [0.29, 0.717) is 48.5 Å². The summed E-state index contributed by atoms with van der Waals surface area (Å²) in [5.41, 5.74) is 9.37. The van der Waals surface area contributed by atoms with Crippen molar-refractivity contribution in [3.63, 3.8) is 0 Å². The molecule has 3 fully saturated rings. The normalized spacial score (nSPS) is 22.1. The van der Waals surface area contributed by atoms with Crippen molar-refractivity contribution < 1.29 is 28.7 Å². The molecule has 1 saturated carbocycles. The van der Waals surface area contributed by atoms with Crippen molar-refractivity contribution in [3.8, 4) is 0 Å². The van der Waals surface area contributed by atoms with Gasteiger partial charge in [0, 0.05) is 86.5 Å². The highest BCUT2D eigenvalue weighted by Crippen LogP contribution is 2.32. The second kappa shape index (κ2) is 17.0. The molecule has 1 unspecified atom stereocenters. The van der Waals surface area contributed by atoms with Crippen LogP contribution in [-0.4, -0.2) is 104 Å². The largest absolute Gasteiger partial charge is 0.399 e. The molecule has 1 atom stereocenters. The van der Waals surface area contributed by atoms with Crippen LogP contribution in [0.2, 0.25) is 0 Å². The standard InChI is InChI=1S/C37H50N8O6/c38-26-7-11-28(12-8-26)43-17-19-44(20-18-43)37(50)40-23-25-5-9-27(10-6-25)39-16-2-21-51-22-15-34(47)41-31-4-1-3-29-30(31)24-45(36(29)49)32-13-14-33(46)42-35(32)48/h1,3-4,7-8,11-12,25,27,32,39H,2,5-6,9-10,13-24,38H2,(H,40,50)(H,41,47)(H,42,46,48). The predicted molar refractivity (Wildman–Crippen MR) is 193 cm³/mol. The van der Waals surface area contributed by atoms with Gasteiger partial charge in [-0.3, -0.25) is 24.5 Å². The fraction of sp³-hybridized carbons (Fsp3) is 0.541. The van der Waals surface area contributed by atoms with Gasteiger partial charge in [0.25, 0.3) is 5.91 Å². The molecule has 0 spiro atoms. The van der Waals surface area contributed by atoms with Gasteiger partial charge < -0.3 is 41.1 Å². The Bertz CT molecular complexity index is 1570. The number of fused-ring (bicyclic) bond motifs is 1. The minimum atomic E-state index is -0.705. The summed E-state index contributed by atoms with van der Waals surface area (Å²) in [5, 5.41) is 12.0. The summed E-state index contributed by atoms with van der Waals surface area (Å²) < 4.78 is 5.73. The van der Waals surface area contributed by atoms with Crippen molar-refractivity contribution in [1.29, 1.82) is 0 Å². The number of carbonyl (C=O) groups excluding carboxylic acids is 5. The van der Waals surface area contributed by atoms with Crippen LogP contribution in [-0.2, 0) is 25.7 Å². The number of ether oxygens (including phenoxy) is 1. The Morgan fingerprint density at radius 1 is 0.922 bits per heavy atom. The zero-order chi connectivity index (χ0) is 35.7. The number of nitrogens with one attached hydrogen (secondary N) is 4. The van der Waals surface area contributed by atoms with Gasteiger partial charge in [-0.1, -0.05) is 6.07 Å². The summed E-state index contributed by atoms with van der Waals surface area (Å²) in [6.07, 6.45) is 5.84. The fourth-order valence-electron chi connectivity index (χ4n) is 7.43. The van der Waals surface area contributed by atoms with Gasteiger partial charge >= 0.3 is 6.03 Å². The van der Waals surface area contributed by atoms with Gasteiger partial charge in [0.15, 0.2) is 0 Å². The van der Waals surface area contributed by atoms with Crippen molar-refractivity contribution in [2.24, 2.45) is 5.92 Å². The third-order valence-electron chi connectivity index (χ3n) is 10.4. The number of urea groups is 1. The zero-order valence-electron chi connectivity index (χ0n) is 29.2. The molecule has 6 rings (SSSR count). The number of amides is 6. The lowest BCUT2D eigenvalue weighted by molar-refractivity contribution is -0.137. The number of carbonyl (C=O) groups is 5. The molecule has 2 aromatic rings. The molecule has 274 valence electrons. The van der Waals surface area contributed by atoms with E-state index in [-0.39, 0.29) is 56.2 Å². The van der Waals surface area contributed by atoms with Gasteiger partial charge in [-0.05, 0) is 87.4 Å². The Labute approximate surface area is 298 Å². The molecule has 6 N–H and O–H groups in total. The lowest BCUT2D eigenvalue weighted by atomic mass is 9.86. The number of rotatable bonds is 13. The first-order valence-corrected chi connectivity index (χ1v) is 18.3. The average molecular weight is 703 g/mol. The van der Waals surface area contributed by atoms with E-state index in [1.807, 2.05) is 29.2 Å². The van der Waals surface area contributed by atoms with Crippen molar-refractivity contribution in [3.05, 3.63) is 53.6 Å². The molecule has 0 radical (unpaired) electrons. The fourth-order valence-corrected chi connectivity index (χ4v) is 7.43. The Morgan fingerprint density at radius 2 is 1.69 bits per heavy atom. The third kappa shape index (κ3) is 9.36. The van der Waals surface area contributed by atoms with Crippen LogP contribution in [0.25, 0.3) is 0 Å². The minimum Gasteiger partial charge on any atom is -0.399 e. The zero-order valence-corrected chi connectivity index (χ0v) is 29.2. The second-order valence-corrected chi connectivity index (χ2v) is 13.9. The molecule has 1 aliphatic carbocycles. The van der Waals surface area contributed by atoms with Crippen molar-refractivity contribution in [1.82, 2.24) is 25.8 Å². The molecular formula is C37H50N8O6. The summed E-state index contributed by atoms with van der Waals surface area (Å²) in [4.78, 5) is 68.1. The number of anilines is 3. The highest BCUT2D eigenvalue weighted by Gasteiger charge is 2.40. The number of hydrogen-bond donors (Lipinski definition) is 5. The highest BCUT2D eigenvalue weighted by molar-refractivity contribution is 6.06. The molecule has 3 heterocycles. The van der Waals surface area contributed by atoms with Crippen molar-refractivity contribution >= 4 is 46.7 Å². The minimum absolute atomic E-state index is 0.0307. The van der Waals surface area contributed by atoms with E-state index in [2.05, 4.69) is 26.2 Å². The number of nitrogens with two attached hydrogens (primary N) is 1. The summed E-state index contributed by atoms with van der Waals surface area (Å²) in [6, 6.07) is 12.8. The van der Waals surface area contributed by atoms with Crippen LogP contribution in [0, 0.1) is 5.92 Å². The number of nitrogen functional groups attached to an aromatic ring is 1. The molecule has 0 bridgehead atoms. The number of piperazine rings is 1. The third-order valence-corrected chi connectivity index (χ3v) is 10.4. The monoisotopic (exact) mass is 702 g/mol. The Kier molecular flexibility index (Phi) is 12.0. The van der Waals surface area contributed by atoms with Crippen LogP contribution in [0.4, 0.5) is 21.9 Å². The van der Waals surface area contributed by atoms with E-state index in [1.54, 1.807) is 18.2 Å². The summed E-state index contributed by atoms with van der Waals surface area (Å²) in [6.45, 7) is 5.63. The van der Waals surface area contributed by atoms with Gasteiger partial charge in [0.2, 0.25) is 17.7 Å². The SMILES string of the molecule is Nc1ccc(N2CCN(C(=O)NCC3CCC(NCCCOCCC(=O)Nc4cccc5c4CN(C4CCC(=O)NC4=O)C5=O)CC3)CC2)cc1. The van der Waals surface area contributed by atoms with E-state index in [4.69, 9.17) is 10.5 Å². The average Bonchev–Trinajstić information content (AvgIpc) is 3.47.